The highest BCUT2D eigenvalue weighted by atomic mass is 16.5. The van der Waals surface area contributed by atoms with Crippen molar-refractivity contribution in [2.45, 2.75) is 32.1 Å². The first kappa shape index (κ1) is 15.8. The number of nitrogens with zero attached hydrogens (tertiary/aromatic N) is 3. The van der Waals surface area contributed by atoms with E-state index in [9.17, 15) is 4.79 Å². The molecule has 2 aliphatic rings. The normalized spacial score (nSPS) is 19.7. The third kappa shape index (κ3) is 2.75. The van der Waals surface area contributed by atoms with Gasteiger partial charge in [-0.2, -0.15) is 0 Å². The van der Waals surface area contributed by atoms with Gasteiger partial charge in [0, 0.05) is 18.2 Å². The second kappa shape index (κ2) is 6.43. The van der Waals surface area contributed by atoms with Gasteiger partial charge in [0.1, 0.15) is 0 Å². The zero-order chi connectivity index (χ0) is 15.5. The van der Waals surface area contributed by atoms with Crippen molar-refractivity contribution in [1.29, 1.82) is 0 Å². The first-order valence-corrected chi connectivity index (χ1v) is 7.65. The molecule has 0 aliphatic carbocycles. The molecule has 5 heteroatoms. The van der Waals surface area contributed by atoms with Crippen molar-refractivity contribution >= 4 is 11.8 Å². The maximum atomic E-state index is 11.9. The molecule has 1 aromatic heterocycles. The highest BCUT2D eigenvalue weighted by Crippen LogP contribution is 2.46. The summed E-state index contributed by atoms with van der Waals surface area (Å²) in [6, 6.07) is 2.06. The minimum Gasteiger partial charge on any atom is -0.452 e. The van der Waals surface area contributed by atoms with Crippen LogP contribution >= 0.6 is 0 Å². The number of likely N-dealkylation sites (tertiary alicyclic amines) is 1. The summed E-state index contributed by atoms with van der Waals surface area (Å²) in [7, 11) is 3.57. The molecule has 21 heavy (non-hydrogen) atoms. The fourth-order valence-electron chi connectivity index (χ4n) is 3.27. The summed E-state index contributed by atoms with van der Waals surface area (Å²) >= 11 is 0. The van der Waals surface area contributed by atoms with Crippen LogP contribution in [0.1, 0.15) is 32.3 Å². The zero-order valence-electron chi connectivity index (χ0n) is 13.4. The third-order valence-corrected chi connectivity index (χ3v) is 4.46. The number of carbonyl (C=O) groups excluding carboxylic acids is 1. The van der Waals surface area contributed by atoms with E-state index in [-0.39, 0.29) is 11.5 Å². The number of aromatic nitrogens is 1. The molecule has 0 saturated carbocycles. The minimum atomic E-state index is -0.287. The number of hydrogen-bond donors (Lipinski definition) is 0. The molecule has 116 valence electrons. The molecule has 0 bridgehead atoms. The van der Waals surface area contributed by atoms with Crippen molar-refractivity contribution < 1.29 is 9.53 Å². The largest absolute Gasteiger partial charge is 0.452 e. The van der Waals surface area contributed by atoms with Crippen molar-refractivity contribution in [3.63, 3.8) is 0 Å². The number of ether oxygens (including phenoxy) is 1. The van der Waals surface area contributed by atoms with Gasteiger partial charge in [-0.05, 0) is 44.6 Å². The lowest BCUT2D eigenvalue weighted by molar-refractivity contribution is 0.170. The van der Waals surface area contributed by atoms with Gasteiger partial charge in [0.2, 0.25) is 0 Å². The molecule has 5 nitrogen and oxygen atoms in total. The Morgan fingerprint density at radius 1 is 1.33 bits per heavy atom. The van der Waals surface area contributed by atoms with E-state index >= 15 is 0 Å². The SMILES string of the molecule is CC.COC(=O)N1CC2(CCN(C)CC2)c2ccncc21. The zero-order valence-corrected chi connectivity index (χ0v) is 13.4. The van der Waals surface area contributed by atoms with Gasteiger partial charge in [0.05, 0.1) is 19.0 Å². The van der Waals surface area contributed by atoms with Crippen LogP contribution < -0.4 is 4.90 Å². The molecule has 0 radical (unpaired) electrons. The number of amides is 1. The van der Waals surface area contributed by atoms with Crippen LogP contribution in [0.2, 0.25) is 0 Å². The Morgan fingerprint density at radius 3 is 2.62 bits per heavy atom. The third-order valence-electron chi connectivity index (χ3n) is 4.46. The summed E-state index contributed by atoms with van der Waals surface area (Å²) in [6.07, 6.45) is 5.46. The molecule has 1 spiro atoms. The van der Waals surface area contributed by atoms with Crippen LogP contribution in [-0.2, 0) is 10.2 Å². The number of rotatable bonds is 0. The van der Waals surface area contributed by atoms with E-state index in [1.54, 1.807) is 11.1 Å². The van der Waals surface area contributed by atoms with Crippen molar-refractivity contribution in [2.24, 2.45) is 0 Å². The van der Waals surface area contributed by atoms with Gasteiger partial charge in [-0.15, -0.1) is 0 Å². The molecule has 0 atom stereocenters. The predicted octanol–water partition coefficient (Wildman–Crippen LogP) is 2.66. The number of hydrogen-bond acceptors (Lipinski definition) is 4. The molecule has 1 aromatic rings. The van der Waals surface area contributed by atoms with Gasteiger partial charge >= 0.3 is 6.09 Å². The lowest BCUT2D eigenvalue weighted by Crippen LogP contribution is -2.44. The Hall–Kier alpha value is -1.62. The predicted molar refractivity (Wildman–Crippen MR) is 83.7 cm³/mol. The molecule has 2 aliphatic heterocycles. The van der Waals surface area contributed by atoms with E-state index in [1.165, 1.54) is 12.7 Å². The van der Waals surface area contributed by atoms with Gasteiger partial charge in [-0.25, -0.2) is 4.79 Å². The number of methoxy groups -OCH3 is 1. The van der Waals surface area contributed by atoms with E-state index in [2.05, 4.69) is 23.0 Å². The number of pyridine rings is 1. The Kier molecular flexibility index (Phi) is 4.83. The van der Waals surface area contributed by atoms with E-state index in [0.717, 1.165) is 31.6 Å². The van der Waals surface area contributed by atoms with Crippen molar-refractivity contribution in [2.75, 3.05) is 38.7 Å². The van der Waals surface area contributed by atoms with Gasteiger partial charge in [-0.1, -0.05) is 13.8 Å². The fourth-order valence-corrected chi connectivity index (χ4v) is 3.27. The summed E-state index contributed by atoms with van der Waals surface area (Å²) in [6.45, 7) is 6.85. The summed E-state index contributed by atoms with van der Waals surface area (Å²) < 4.78 is 4.89. The number of carbonyl (C=O) groups is 1. The van der Waals surface area contributed by atoms with Crippen molar-refractivity contribution in [3.8, 4) is 0 Å². The van der Waals surface area contributed by atoms with Crippen LogP contribution in [-0.4, -0.2) is 49.8 Å². The minimum absolute atomic E-state index is 0.0823. The number of piperidine rings is 1. The Labute approximate surface area is 126 Å². The molecular formula is C16H25N3O2. The summed E-state index contributed by atoms with van der Waals surface area (Å²) in [4.78, 5) is 20.2. The number of fused-ring (bicyclic) bond motifs is 2. The average molecular weight is 291 g/mol. The average Bonchev–Trinajstić information content (AvgIpc) is 2.87. The van der Waals surface area contributed by atoms with Crippen LogP contribution in [0.25, 0.3) is 0 Å². The van der Waals surface area contributed by atoms with Gasteiger partial charge < -0.3 is 9.64 Å². The molecule has 1 amide bonds. The lowest BCUT2D eigenvalue weighted by atomic mass is 9.74. The standard InChI is InChI=1S/C14H19N3O2.C2H6/c1-16-7-4-14(5-8-16)10-17(13(18)19-2)12-9-15-6-3-11(12)14;1-2/h3,6,9H,4-5,7-8,10H2,1-2H3;1-2H3. The van der Waals surface area contributed by atoms with Crippen molar-refractivity contribution in [1.82, 2.24) is 9.88 Å². The number of anilines is 1. The van der Waals surface area contributed by atoms with Crippen LogP contribution in [0.5, 0.6) is 0 Å². The van der Waals surface area contributed by atoms with Crippen LogP contribution in [0.3, 0.4) is 0 Å². The van der Waals surface area contributed by atoms with Crippen LogP contribution in [0.4, 0.5) is 10.5 Å². The van der Waals surface area contributed by atoms with Crippen LogP contribution in [0, 0.1) is 0 Å². The topological polar surface area (TPSA) is 45.7 Å². The second-order valence-corrected chi connectivity index (χ2v) is 5.53. The molecule has 0 unspecified atom stereocenters. The van der Waals surface area contributed by atoms with Gasteiger partial charge in [0.25, 0.3) is 0 Å². The maximum absolute atomic E-state index is 11.9. The molecule has 3 rings (SSSR count). The fraction of sp³-hybridized carbons (Fsp3) is 0.625. The van der Waals surface area contributed by atoms with Gasteiger partial charge in [0.15, 0.2) is 0 Å². The Bertz CT molecular complexity index is 496. The second-order valence-electron chi connectivity index (χ2n) is 5.53. The molecule has 1 saturated heterocycles. The lowest BCUT2D eigenvalue weighted by Gasteiger charge is -2.38. The maximum Gasteiger partial charge on any atom is 0.414 e. The highest BCUT2D eigenvalue weighted by Gasteiger charge is 2.46. The van der Waals surface area contributed by atoms with Gasteiger partial charge in [-0.3, -0.25) is 9.88 Å². The Morgan fingerprint density at radius 2 is 2.00 bits per heavy atom. The molecule has 3 heterocycles. The van der Waals surface area contributed by atoms with E-state index in [1.807, 2.05) is 20.0 Å². The Balaban J connectivity index is 0.000000774. The summed E-state index contributed by atoms with van der Waals surface area (Å²) in [5.74, 6) is 0. The molecule has 0 N–H and O–H groups in total. The summed E-state index contributed by atoms with van der Waals surface area (Å²) in [5, 5.41) is 0. The molecule has 1 fully saturated rings. The van der Waals surface area contributed by atoms with Crippen LogP contribution in [0.15, 0.2) is 18.5 Å². The smallest absolute Gasteiger partial charge is 0.414 e. The molecule has 0 aromatic carbocycles. The first-order chi connectivity index (χ1) is 10.2. The van der Waals surface area contributed by atoms with E-state index in [0.29, 0.717) is 6.54 Å². The molecular weight excluding hydrogens is 266 g/mol. The van der Waals surface area contributed by atoms with E-state index < -0.39 is 0 Å². The van der Waals surface area contributed by atoms with Crippen molar-refractivity contribution in [3.05, 3.63) is 24.0 Å². The highest BCUT2D eigenvalue weighted by molar-refractivity contribution is 5.91. The first-order valence-electron chi connectivity index (χ1n) is 7.65. The summed E-state index contributed by atoms with van der Waals surface area (Å²) in [5.41, 5.74) is 2.25. The quantitative estimate of drug-likeness (QED) is 0.737. The monoisotopic (exact) mass is 291 g/mol. The van der Waals surface area contributed by atoms with E-state index in [4.69, 9.17) is 4.74 Å².